The van der Waals surface area contributed by atoms with E-state index in [1.54, 1.807) is 0 Å². The monoisotopic (exact) mass is 1180 g/mol. The molecule has 0 amide bonds. The van der Waals surface area contributed by atoms with Crippen molar-refractivity contribution in [3.05, 3.63) is 194 Å². The highest BCUT2D eigenvalue weighted by Gasteiger charge is 2.27. The molecule has 0 saturated carbocycles. The fourth-order valence-corrected chi connectivity index (χ4v) is 8.49. The van der Waals surface area contributed by atoms with Crippen LogP contribution in [0.1, 0.15) is 206 Å². The molecule has 470 valence electrons. The fraction of sp³-hybridized carbons (Fsp3) is 0.541. The molecule has 0 aliphatic rings. The van der Waals surface area contributed by atoms with Crippen molar-refractivity contribution in [2.24, 2.45) is 0 Å². The van der Waals surface area contributed by atoms with Gasteiger partial charge in [0.2, 0.25) is 0 Å². The van der Waals surface area contributed by atoms with Crippen molar-refractivity contribution in [1.82, 2.24) is 0 Å². The SMILES string of the molecule is CC/C=C\C/C=C\C/C=C\C/C=C\C/C=C\C/C=C\C/C=C\C/C=C\C/C=C\CCCCCC(=O)OC(COC(=O)CCCCCCCCC/C=C\C/C=C\C/C=C\C/C=C\C/C=C\C/C=C\C/C=C\CC)COP(=O)(O)OCC[N+](C)(C)C. The zero-order chi connectivity index (χ0) is 61.2. The lowest BCUT2D eigenvalue weighted by Crippen LogP contribution is -2.37. The quantitative estimate of drug-likeness (QED) is 0.0211. The van der Waals surface area contributed by atoms with E-state index in [1.807, 2.05) is 21.1 Å². The molecule has 0 bridgehead atoms. The van der Waals surface area contributed by atoms with E-state index >= 15 is 0 Å². The lowest BCUT2D eigenvalue weighted by atomic mass is 10.1. The molecule has 0 aliphatic heterocycles. The van der Waals surface area contributed by atoms with Crippen molar-refractivity contribution >= 4 is 19.8 Å². The number of carbonyl (C=O) groups excluding carboxylic acids is 2. The van der Waals surface area contributed by atoms with Gasteiger partial charge in [-0.25, -0.2) is 4.57 Å². The zero-order valence-electron chi connectivity index (χ0n) is 53.3. The van der Waals surface area contributed by atoms with Gasteiger partial charge in [-0.05, 0) is 141 Å². The molecule has 0 radical (unpaired) electrons. The van der Waals surface area contributed by atoms with Gasteiger partial charge in [0.25, 0.3) is 0 Å². The van der Waals surface area contributed by atoms with Crippen LogP contribution in [-0.2, 0) is 32.7 Å². The van der Waals surface area contributed by atoms with Crippen molar-refractivity contribution in [2.75, 3.05) is 47.5 Å². The minimum atomic E-state index is -4.42. The number of unbranched alkanes of at least 4 members (excludes halogenated alkanes) is 10. The average Bonchev–Trinajstić information content (AvgIpc) is 3.61. The summed E-state index contributed by atoms with van der Waals surface area (Å²) in [5.41, 5.74) is 0. The molecule has 0 aromatic carbocycles. The number of allylic oxidation sites excluding steroid dienone is 32. The van der Waals surface area contributed by atoms with Gasteiger partial charge in [-0.1, -0.05) is 247 Å². The molecule has 9 nitrogen and oxygen atoms in total. The fourth-order valence-electron chi connectivity index (χ4n) is 7.75. The number of ether oxygens (including phenoxy) is 2. The highest BCUT2D eigenvalue weighted by molar-refractivity contribution is 7.47. The van der Waals surface area contributed by atoms with Crippen LogP contribution in [0, 0.1) is 0 Å². The van der Waals surface area contributed by atoms with Crippen molar-refractivity contribution in [3.63, 3.8) is 0 Å². The molecular formula is C74H117NO8P+. The summed E-state index contributed by atoms with van der Waals surface area (Å²) in [4.78, 5) is 35.8. The van der Waals surface area contributed by atoms with E-state index in [4.69, 9.17) is 18.5 Å². The number of esters is 2. The lowest BCUT2D eigenvalue weighted by Gasteiger charge is -2.24. The topological polar surface area (TPSA) is 108 Å². The van der Waals surface area contributed by atoms with Gasteiger partial charge in [0, 0.05) is 12.8 Å². The van der Waals surface area contributed by atoms with Crippen LogP contribution in [0.4, 0.5) is 0 Å². The Labute approximate surface area is 513 Å². The summed E-state index contributed by atoms with van der Waals surface area (Å²) < 4.78 is 34.6. The van der Waals surface area contributed by atoms with Crippen LogP contribution in [0.15, 0.2) is 194 Å². The number of nitrogens with zero attached hydrogens (tertiary/aromatic N) is 1. The summed E-state index contributed by atoms with van der Waals surface area (Å²) in [7, 11) is 1.41. The Bertz CT molecular complexity index is 2120. The molecule has 0 rings (SSSR count). The molecule has 0 fully saturated rings. The predicted octanol–water partition coefficient (Wildman–Crippen LogP) is 20.9. The number of hydrogen-bond donors (Lipinski definition) is 1. The first kappa shape index (κ1) is 78.8. The number of phosphoric acid groups is 1. The number of hydrogen-bond acceptors (Lipinski definition) is 7. The van der Waals surface area contributed by atoms with Gasteiger partial charge in [-0.2, -0.15) is 0 Å². The number of carbonyl (C=O) groups is 2. The largest absolute Gasteiger partial charge is 0.472 e. The Balaban J connectivity index is 4.30. The first-order chi connectivity index (χ1) is 41.0. The summed E-state index contributed by atoms with van der Waals surface area (Å²) in [6, 6.07) is 0. The zero-order valence-corrected chi connectivity index (χ0v) is 54.2. The van der Waals surface area contributed by atoms with Crippen LogP contribution >= 0.6 is 7.82 Å². The van der Waals surface area contributed by atoms with E-state index in [2.05, 4.69) is 208 Å². The summed E-state index contributed by atoms with van der Waals surface area (Å²) in [5, 5.41) is 0. The van der Waals surface area contributed by atoms with Gasteiger partial charge < -0.3 is 18.9 Å². The third-order valence-corrected chi connectivity index (χ3v) is 13.6. The van der Waals surface area contributed by atoms with Crippen molar-refractivity contribution < 1.29 is 42.1 Å². The molecule has 0 spiro atoms. The summed E-state index contributed by atoms with van der Waals surface area (Å²) >= 11 is 0. The summed E-state index contributed by atoms with van der Waals surface area (Å²) in [5.74, 6) is -0.867. The van der Waals surface area contributed by atoms with E-state index in [0.29, 0.717) is 23.9 Å². The molecule has 0 heterocycles. The Morgan fingerprint density at radius 1 is 0.369 bits per heavy atom. The van der Waals surface area contributed by atoms with Gasteiger partial charge in [0.05, 0.1) is 27.7 Å². The first-order valence-electron chi connectivity index (χ1n) is 32.2. The van der Waals surface area contributed by atoms with Gasteiger partial charge in [-0.15, -0.1) is 0 Å². The molecule has 84 heavy (non-hydrogen) atoms. The Hall–Kier alpha value is -5.15. The number of rotatable bonds is 56. The Morgan fingerprint density at radius 2 is 0.643 bits per heavy atom. The summed E-state index contributed by atoms with van der Waals surface area (Å²) in [6.07, 6.45) is 97.9. The van der Waals surface area contributed by atoms with Crippen LogP contribution in [0.25, 0.3) is 0 Å². The second-order valence-corrected chi connectivity index (χ2v) is 23.1. The van der Waals surface area contributed by atoms with E-state index in [1.165, 1.54) is 19.3 Å². The molecule has 1 N–H and O–H groups in total. The molecular weight excluding hydrogens is 1060 g/mol. The standard InChI is InChI=1S/C74H116NO8P/c1-6-8-10-12-14-16-18-20-22-24-26-28-30-32-34-36-37-39-41-43-45-47-49-51-53-55-57-59-61-63-65-67-74(77)83-72(71-82-84(78,79)81-69-68-75(3,4)5)70-80-73(76)66-64-62-60-58-56-54-52-50-48-46-44-42-40-38-35-33-31-29-27-25-23-21-19-17-15-13-11-9-7-2/h8-11,14-17,20-23,26-29,32-35,37,39-40,42-43,45-46,48-49,51,55,57,72H,6-7,12-13,18-19,24-25,30-31,36,38,41,44,47,50,52-54,56,58-71H2,1-5H3/p+1/b10-8-,11-9-,16-14-,17-15-,22-20-,23-21-,28-26-,29-27-,34-32-,35-33-,39-37-,42-40-,45-43-,48-46-,51-49-,57-55-. The summed E-state index contributed by atoms with van der Waals surface area (Å²) in [6.45, 7) is 4.12. The van der Waals surface area contributed by atoms with Gasteiger partial charge >= 0.3 is 19.8 Å². The smallest absolute Gasteiger partial charge is 0.462 e. The normalized spacial score (nSPS) is 14.5. The van der Waals surface area contributed by atoms with Crippen molar-refractivity contribution in [2.45, 2.75) is 213 Å². The van der Waals surface area contributed by atoms with Crippen LogP contribution < -0.4 is 0 Å². The predicted molar refractivity (Wildman–Crippen MR) is 362 cm³/mol. The van der Waals surface area contributed by atoms with Crippen molar-refractivity contribution in [1.29, 1.82) is 0 Å². The molecule has 0 aliphatic carbocycles. The first-order valence-corrected chi connectivity index (χ1v) is 33.7. The Morgan fingerprint density at radius 3 is 0.964 bits per heavy atom. The maximum Gasteiger partial charge on any atom is 0.472 e. The van der Waals surface area contributed by atoms with Crippen LogP contribution in [0.3, 0.4) is 0 Å². The van der Waals surface area contributed by atoms with Gasteiger partial charge in [0.1, 0.15) is 19.8 Å². The number of phosphoric ester groups is 1. The maximum atomic E-state index is 12.8. The minimum absolute atomic E-state index is 0.0106. The Kier molecular flexibility index (Phi) is 58.6. The van der Waals surface area contributed by atoms with Crippen LogP contribution in [-0.4, -0.2) is 74.9 Å². The highest BCUT2D eigenvalue weighted by Crippen LogP contribution is 2.43. The second kappa shape index (κ2) is 62.4. The molecule has 10 heteroatoms. The number of likely N-dealkylation sites (N-methyl/N-ethyl adjacent to an activating group) is 1. The average molecular weight is 1180 g/mol. The third kappa shape index (κ3) is 66.0. The molecule has 0 aromatic heterocycles. The van der Waals surface area contributed by atoms with Crippen LogP contribution in [0.2, 0.25) is 0 Å². The van der Waals surface area contributed by atoms with E-state index in [0.717, 1.165) is 148 Å². The van der Waals surface area contributed by atoms with Crippen molar-refractivity contribution in [3.8, 4) is 0 Å². The number of quaternary nitrogens is 1. The molecule has 0 aromatic rings. The molecule has 2 unspecified atom stereocenters. The molecule has 0 saturated heterocycles. The molecule has 2 atom stereocenters. The highest BCUT2D eigenvalue weighted by atomic mass is 31.2. The minimum Gasteiger partial charge on any atom is -0.462 e. The van der Waals surface area contributed by atoms with E-state index in [-0.39, 0.29) is 26.1 Å². The van der Waals surface area contributed by atoms with Gasteiger partial charge in [0.15, 0.2) is 6.10 Å². The van der Waals surface area contributed by atoms with Crippen LogP contribution in [0.5, 0.6) is 0 Å². The van der Waals surface area contributed by atoms with Gasteiger partial charge in [-0.3, -0.25) is 18.6 Å². The second-order valence-electron chi connectivity index (χ2n) is 21.7. The van der Waals surface area contributed by atoms with E-state index < -0.39 is 32.5 Å². The lowest BCUT2D eigenvalue weighted by molar-refractivity contribution is -0.870. The third-order valence-electron chi connectivity index (χ3n) is 12.6. The maximum absolute atomic E-state index is 12.8. The van der Waals surface area contributed by atoms with E-state index in [9.17, 15) is 19.0 Å².